The zero-order valence-electron chi connectivity index (χ0n) is 26.9. The molecule has 234 valence electrons. The molecule has 0 saturated carbocycles. The molecule has 5 heteroatoms. The third-order valence-corrected chi connectivity index (χ3v) is 9.46. The lowest BCUT2D eigenvalue weighted by Gasteiger charge is -2.09. The zero-order valence-corrected chi connectivity index (χ0v) is 26.9. The molecule has 0 unspecified atom stereocenters. The molecule has 0 radical (unpaired) electrons. The maximum atomic E-state index is 6.85. The summed E-state index contributed by atoms with van der Waals surface area (Å²) in [5.41, 5.74) is 10.0. The van der Waals surface area contributed by atoms with Gasteiger partial charge in [-0.15, -0.1) is 0 Å². The Labute approximate surface area is 287 Å². The second-order valence-corrected chi connectivity index (χ2v) is 12.5. The van der Waals surface area contributed by atoms with Gasteiger partial charge in [-0.2, -0.15) is 0 Å². The summed E-state index contributed by atoms with van der Waals surface area (Å²) >= 11 is 0. The molecule has 0 aliphatic rings. The van der Waals surface area contributed by atoms with Crippen LogP contribution in [0.15, 0.2) is 174 Å². The lowest BCUT2D eigenvalue weighted by Crippen LogP contribution is -2.00. The highest BCUT2D eigenvalue weighted by Crippen LogP contribution is 2.41. The Morgan fingerprint density at radius 3 is 1.54 bits per heavy atom. The molecule has 0 atom stereocenters. The van der Waals surface area contributed by atoms with Crippen LogP contribution in [0.2, 0.25) is 0 Å². The Balaban J connectivity index is 1.16. The summed E-state index contributed by atoms with van der Waals surface area (Å²) in [6.07, 6.45) is 0. The highest BCUT2D eigenvalue weighted by Gasteiger charge is 2.20. The fourth-order valence-corrected chi connectivity index (χ4v) is 7.06. The average molecular weight is 641 g/mol. The van der Waals surface area contributed by atoms with E-state index in [1.165, 1.54) is 16.5 Å². The van der Waals surface area contributed by atoms with E-state index in [9.17, 15) is 0 Å². The Kier molecular flexibility index (Phi) is 6.42. The van der Waals surface area contributed by atoms with E-state index < -0.39 is 0 Å². The maximum absolute atomic E-state index is 6.85. The number of fused-ring (bicyclic) bond motifs is 7. The SMILES string of the molecule is c1ccc(-c2ccc(-n3c4ccccc4c4ccc5c6ccc(-c7nc(-c8ccccc8)nc(-c8ccccc8)n7)cc6oc5c43)cc2)cc1. The fraction of sp³-hybridized carbons (Fsp3) is 0. The van der Waals surface area contributed by atoms with Gasteiger partial charge in [0.1, 0.15) is 5.58 Å². The van der Waals surface area contributed by atoms with Crippen LogP contribution in [0, 0.1) is 0 Å². The van der Waals surface area contributed by atoms with Crippen molar-refractivity contribution >= 4 is 43.7 Å². The first-order chi connectivity index (χ1) is 24.8. The molecule has 0 spiro atoms. The topological polar surface area (TPSA) is 56.7 Å². The molecule has 3 aromatic heterocycles. The van der Waals surface area contributed by atoms with Crippen LogP contribution >= 0.6 is 0 Å². The predicted octanol–water partition coefficient (Wildman–Crippen LogP) is 11.5. The van der Waals surface area contributed by atoms with Crippen molar-refractivity contribution in [1.29, 1.82) is 0 Å². The van der Waals surface area contributed by atoms with Gasteiger partial charge >= 0.3 is 0 Å². The molecule has 0 saturated heterocycles. The van der Waals surface area contributed by atoms with Gasteiger partial charge in [-0.1, -0.05) is 133 Å². The van der Waals surface area contributed by atoms with Crippen molar-refractivity contribution in [2.45, 2.75) is 0 Å². The molecule has 0 amide bonds. The molecule has 0 aliphatic heterocycles. The van der Waals surface area contributed by atoms with Crippen molar-refractivity contribution in [3.63, 3.8) is 0 Å². The van der Waals surface area contributed by atoms with E-state index in [-0.39, 0.29) is 0 Å². The van der Waals surface area contributed by atoms with Crippen LogP contribution in [-0.4, -0.2) is 19.5 Å². The van der Waals surface area contributed by atoms with Crippen molar-refractivity contribution in [3.8, 4) is 51.0 Å². The number of benzene rings is 7. The summed E-state index contributed by atoms with van der Waals surface area (Å²) in [5.74, 6) is 1.85. The largest absolute Gasteiger partial charge is 0.454 e. The standard InChI is InChI=1S/C45H28N4O/c1-4-12-29(13-5-1)30-20-23-34(24-21-30)49-39-19-11-10-18-35(39)37-26-27-38-36-25-22-33(28-40(36)50-42(38)41(37)49)45-47-43(31-14-6-2-7-15-31)46-44(48-45)32-16-8-3-9-17-32/h1-28H. The van der Waals surface area contributed by atoms with E-state index in [1.807, 2.05) is 66.7 Å². The number of nitrogens with zero attached hydrogens (tertiary/aromatic N) is 4. The monoisotopic (exact) mass is 640 g/mol. The number of hydrogen-bond donors (Lipinski definition) is 0. The Morgan fingerprint density at radius 1 is 0.380 bits per heavy atom. The summed E-state index contributed by atoms with van der Waals surface area (Å²) in [4.78, 5) is 14.8. The fourth-order valence-electron chi connectivity index (χ4n) is 7.06. The normalized spacial score (nSPS) is 11.6. The zero-order chi connectivity index (χ0) is 33.0. The molecule has 10 aromatic rings. The number of para-hydroxylation sites is 1. The van der Waals surface area contributed by atoms with Gasteiger partial charge in [-0.3, -0.25) is 0 Å². The van der Waals surface area contributed by atoms with E-state index in [0.29, 0.717) is 17.5 Å². The summed E-state index contributed by atoms with van der Waals surface area (Å²) < 4.78 is 9.18. The predicted molar refractivity (Wildman–Crippen MR) is 203 cm³/mol. The van der Waals surface area contributed by atoms with Gasteiger partial charge in [0, 0.05) is 43.9 Å². The highest BCUT2D eigenvalue weighted by atomic mass is 16.3. The smallest absolute Gasteiger partial charge is 0.164 e. The van der Waals surface area contributed by atoms with E-state index >= 15 is 0 Å². The van der Waals surface area contributed by atoms with Crippen LogP contribution in [0.5, 0.6) is 0 Å². The Morgan fingerprint density at radius 2 is 0.880 bits per heavy atom. The Bertz CT molecular complexity index is 2780. The number of furan rings is 1. The average Bonchev–Trinajstić information content (AvgIpc) is 3.74. The number of aromatic nitrogens is 4. The third kappa shape index (κ3) is 4.60. The van der Waals surface area contributed by atoms with Gasteiger partial charge in [0.05, 0.1) is 11.0 Å². The molecule has 0 fully saturated rings. The van der Waals surface area contributed by atoms with Crippen molar-refractivity contribution in [2.75, 3.05) is 0 Å². The molecule has 0 bridgehead atoms. The van der Waals surface area contributed by atoms with Gasteiger partial charge in [-0.05, 0) is 47.5 Å². The first kappa shape index (κ1) is 28.2. The van der Waals surface area contributed by atoms with Gasteiger partial charge < -0.3 is 8.98 Å². The summed E-state index contributed by atoms with van der Waals surface area (Å²) in [6.45, 7) is 0. The minimum Gasteiger partial charge on any atom is -0.454 e. The lowest BCUT2D eigenvalue weighted by atomic mass is 10.1. The van der Waals surface area contributed by atoms with Crippen LogP contribution in [0.1, 0.15) is 0 Å². The van der Waals surface area contributed by atoms with Crippen molar-refractivity contribution < 1.29 is 4.42 Å². The summed E-state index contributed by atoms with van der Waals surface area (Å²) in [7, 11) is 0. The molecule has 7 aromatic carbocycles. The van der Waals surface area contributed by atoms with Crippen LogP contribution < -0.4 is 0 Å². The van der Waals surface area contributed by atoms with Gasteiger partial charge in [0.25, 0.3) is 0 Å². The van der Waals surface area contributed by atoms with Crippen LogP contribution in [0.3, 0.4) is 0 Å². The van der Waals surface area contributed by atoms with Crippen molar-refractivity contribution in [1.82, 2.24) is 19.5 Å². The quantitative estimate of drug-likeness (QED) is 0.188. The Hall–Kier alpha value is -6.85. The van der Waals surface area contributed by atoms with Gasteiger partial charge in [-0.25, -0.2) is 15.0 Å². The number of hydrogen-bond acceptors (Lipinski definition) is 4. The third-order valence-electron chi connectivity index (χ3n) is 9.46. The van der Waals surface area contributed by atoms with Gasteiger partial charge in [0.15, 0.2) is 23.1 Å². The van der Waals surface area contributed by atoms with E-state index in [2.05, 4.69) is 108 Å². The molecule has 0 N–H and O–H groups in total. The van der Waals surface area contributed by atoms with Crippen LogP contribution in [-0.2, 0) is 0 Å². The van der Waals surface area contributed by atoms with Gasteiger partial charge in [0.2, 0.25) is 0 Å². The lowest BCUT2D eigenvalue weighted by molar-refractivity contribution is 0.671. The molecular weight excluding hydrogens is 613 g/mol. The maximum Gasteiger partial charge on any atom is 0.164 e. The van der Waals surface area contributed by atoms with E-state index in [1.54, 1.807) is 0 Å². The molecular formula is C45H28N4O. The first-order valence-electron chi connectivity index (χ1n) is 16.7. The molecule has 3 heterocycles. The second-order valence-electron chi connectivity index (χ2n) is 12.5. The summed E-state index contributed by atoms with van der Waals surface area (Å²) in [6, 6.07) is 58.6. The first-order valence-corrected chi connectivity index (χ1v) is 16.7. The minimum atomic E-state index is 0.595. The minimum absolute atomic E-state index is 0.595. The molecule has 50 heavy (non-hydrogen) atoms. The molecule has 0 aliphatic carbocycles. The van der Waals surface area contributed by atoms with Crippen molar-refractivity contribution in [3.05, 3.63) is 170 Å². The van der Waals surface area contributed by atoms with Crippen molar-refractivity contribution in [2.24, 2.45) is 0 Å². The van der Waals surface area contributed by atoms with E-state index in [0.717, 1.165) is 60.7 Å². The highest BCUT2D eigenvalue weighted by molar-refractivity contribution is 6.21. The van der Waals surface area contributed by atoms with Crippen LogP contribution in [0.25, 0.3) is 94.7 Å². The molecule has 5 nitrogen and oxygen atoms in total. The van der Waals surface area contributed by atoms with Crippen LogP contribution in [0.4, 0.5) is 0 Å². The second kappa shape index (κ2) is 11.4. The van der Waals surface area contributed by atoms with E-state index in [4.69, 9.17) is 19.4 Å². The number of rotatable bonds is 5. The summed E-state index contributed by atoms with van der Waals surface area (Å²) in [5, 5.41) is 4.44. The molecule has 10 rings (SSSR count).